The number of aromatic nitrogens is 1. The van der Waals surface area contributed by atoms with E-state index in [-0.39, 0.29) is 33.2 Å². The van der Waals surface area contributed by atoms with Crippen LogP contribution in [0.4, 0.5) is 5.13 Å². The summed E-state index contributed by atoms with van der Waals surface area (Å²) in [6, 6.07) is 8.74. The number of carboxylic acids is 1. The fourth-order valence-electron chi connectivity index (χ4n) is 3.85. The van der Waals surface area contributed by atoms with Gasteiger partial charge in [-0.15, -0.1) is 11.3 Å². The first kappa shape index (κ1) is 29.6. The third-order valence-corrected chi connectivity index (χ3v) is 7.09. The molecule has 0 aliphatic carbocycles. The summed E-state index contributed by atoms with van der Waals surface area (Å²) in [6.45, 7) is 8.37. The van der Waals surface area contributed by atoms with Crippen molar-refractivity contribution in [3.8, 4) is 17.0 Å². The lowest BCUT2D eigenvalue weighted by Crippen LogP contribution is -2.13. The van der Waals surface area contributed by atoms with Crippen LogP contribution in [-0.4, -0.2) is 35.7 Å². The number of nitrogens with one attached hydrogen (secondary N) is 1. The van der Waals surface area contributed by atoms with Gasteiger partial charge in [-0.1, -0.05) is 56.1 Å². The monoisotopic (exact) mass is 576 g/mol. The average molecular weight is 578 g/mol. The molecule has 2 aromatic carbocycles. The maximum atomic E-state index is 12.9. The molecule has 0 fully saturated rings. The van der Waals surface area contributed by atoms with Crippen molar-refractivity contribution in [3.63, 3.8) is 0 Å². The molecule has 202 valence electrons. The molecule has 0 spiro atoms. The summed E-state index contributed by atoms with van der Waals surface area (Å²) in [5.41, 5.74) is 3.01. The van der Waals surface area contributed by atoms with Crippen LogP contribution in [0.15, 0.2) is 41.3 Å². The first-order chi connectivity index (χ1) is 18.1. The Morgan fingerprint density at radius 1 is 1.21 bits per heavy atom. The Bertz CT molecular complexity index is 1330. The normalized spacial score (nSPS) is 12.5. The Labute approximate surface area is 236 Å². The third-order valence-electron chi connectivity index (χ3n) is 5.70. The molecule has 3 rings (SSSR count). The number of carbonyl (C=O) groups is 2. The smallest absolute Gasteiger partial charge is 0.331 e. The van der Waals surface area contributed by atoms with Gasteiger partial charge in [0.25, 0.3) is 5.91 Å². The molecule has 0 aliphatic heterocycles. The van der Waals surface area contributed by atoms with E-state index >= 15 is 0 Å². The van der Waals surface area contributed by atoms with Gasteiger partial charge >= 0.3 is 5.97 Å². The fourth-order valence-corrected chi connectivity index (χ4v) is 5.15. The highest BCUT2D eigenvalue weighted by Crippen LogP contribution is 2.40. The Morgan fingerprint density at radius 2 is 1.89 bits per heavy atom. The lowest BCUT2D eigenvalue weighted by molar-refractivity contribution is -0.132. The van der Waals surface area contributed by atoms with Crippen molar-refractivity contribution in [2.45, 2.75) is 40.2 Å². The van der Waals surface area contributed by atoms with E-state index in [0.29, 0.717) is 28.7 Å². The highest BCUT2D eigenvalue weighted by molar-refractivity contribution is 7.14. The van der Waals surface area contributed by atoms with Crippen LogP contribution in [0.25, 0.3) is 17.3 Å². The topological polar surface area (TPSA) is 97.8 Å². The lowest BCUT2D eigenvalue weighted by Gasteiger charge is -2.24. The second kappa shape index (κ2) is 13.2. The number of benzene rings is 2. The minimum absolute atomic E-state index is 0.0671. The largest absolute Gasteiger partial charge is 0.496 e. The van der Waals surface area contributed by atoms with Crippen LogP contribution in [-0.2, 0) is 9.53 Å². The summed E-state index contributed by atoms with van der Waals surface area (Å²) in [6.07, 6.45) is 2.15. The van der Waals surface area contributed by atoms with E-state index < -0.39 is 11.9 Å². The zero-order valence-electron chi connectivity index (χ0n) is 21.8. The number of rotatable bonds is 11. The van der Waals surface area contributed by atoms with Crippen LogP contribution in [0.5, 0.6) is 5.75 Å². The van der Waals surface area contributed by atoms with E-state index in [1.165, 1.54) is 36.5 Å². The predicted molar refractivity (Wildman–Crippen MR) is 154 cm³/mol. The Kier molecular flexibility index (Phi) is 10.3. The number of aliphatic carboxylic acids is 1. The summed E-state index contributed by atoms with van der Waals surface area (Å²) >= 11 is 13.9. The van der Waals surface area contributed by atoms with Gasteiger partial charge < -0.3 is 14.6 Å². The second-order valence-corrected chi connectivity index (χ2v) is 10.6. The number of hydrogen-bond acceptors (Lipinski definition) is 6. The number of thiazole rings is 1. The molecule has 0 aliphatic rings. The summed E-state index contributed by atoms with van der Waals surface area (Å²) in [4.78, 5) is 28.7. The number of halogens is 2. The zero-order chi connectivity index (χ0) is 28.0. The van der Waals surface area contributed by atoms with Crippen LogP contribution in [0, 0.1) is 5.92 Å². The molecular weight excluding hydrogens is 547 g/mol. The molecule has 1 atom stereocenters. The number of methoxy groups -OCH3 is 1. The van der Waals surface area contributed by atoms with E-state index in [4.69, 9.17) is 37.8 Å². The van der Waals surface area contributed by atoms with Crippen molar-refractivity contribution in [1.29, 1.82) is 0 Å². The van der Waals surface area contributed by atoms with Crippen molar-refractivity contribution in [3.05, 3.63) is 68.0 Å². The van der Waals surface area contributed by atoms with E-state index in [1.807, 2.05) is 23.6 Å². The second-order valence-electron chi connectivity index (χ2n) is 8.94. The van der Waals surface area contributed by atoms with Crippen LogP contribution < -0.4 is 10.1 Å². The van der Waals surface area contributed by atoms with Crippen molar-refractivity contribution in [1.82, 2.24) is 4.98 Å². The molecule has 0 saturated carbocycles. The summed E-state index contributed by atoms with van der Waals surface area (Å²) in [5.74, 6) is -0.614. The number of amides is 1. The van der Waals surface area contributed by atoms with E-state index in [2.05, 4.69) is 31.1 Å². The van der Waals surface area contributed by atoms with Gasteiger partial charge in [-0.2, -0.15) is 0 Å². The van der Waals surface area contributed by atoms with Gasteiger partial charge in [-0.05, 0) is 43.5 Å². The van der Waals surface area contributed by atoms with E-state index in [0.717, 1.165) is 17.5 Å². The molecule has 0 bridgehead atoms. The minimum Gasteiger partial charge on any atom is -0.496 e. The van der Waals surface area contributed by atoms with Gasteiger partial charge in [0.1, 0.15) is 5.75 Å². The number of nitrogens with zero attached hydrogens (tertiary/aromatic N) is 1. The van der Waals surface area contributed by atoms with E-state index in [1.54, 1.807) is 7.11 Å². The lowest BCUT2D eigenvalue weighted by atomic mass is 9.95. The highest BCUT2D eigenvalue weighted by atomic mass is 35.5. The molecule has 10 heteroatoms. The first-order valence-corrected chi connectivity index (χ1v) is 13.7. The summed E-state index contributed by atoms with van der Waals surface area (Å²) in [5, 5.41) is 14.4. The van der Waals surface area contributed by atoms with Crippen molar-refractivity contribution in [2.75, 3.05) is 19.0 Å². The first-order valence-electron chi connectivity index (χ1n) is 12.0. The molecule has 0 radical (unpaired) electrons. The quantitative estimate of drug-likeness (QED) is 0.224. The highest BCUT2D eigenvalue weighted by Gasteiger charge is 2.24. The average Bonchev–Trinajstić information content (AvgIpc) is 3.33. The standard InChI is InChI=1S/C28H30Cl2N2O5S/c1-6-10-37-24(15(2)3)19-9-7-8-18(25(19)36-5)23-14-38-28(31-23)32-26(33)17-12-21(29)20(22(30)13-17)11-16(4)27(34)35/h7-9,11-15,24H,6,10H2,1-5H3,(H,34,35)(H,31,32,33)/t24-/m1/s1. The van der Waals surface area contributed by atoms with Crippen molar-refractivity contribution < 1.29 is 24.2 Å². The Morgan fingerprint density at radius 3 is 2.47 bits per heavy atom. The van der Waals surface area contributed by atoms with Gasteiger partial charge in [0.05, 0.1) is 29.0 Å². The molecule has 1 aromatic heterocycles. The van der Waals surface area contributed by atoms with Gasteiger partial charge in [-0.25, -0.2) is 9.78 Å². The fraction of sp³-hybridized carbons (Fsp3) is 0.321. The van der Waals surface area contributed by atoms with Gasteiger partial charge in [0, 0.05) is 39.8 Å². The van der Waals surface area contributed by atoms with Crippen molar-refractivity contribution in [2.24, 2.45) is 5.92 Å². The van der Waals surface area contributed by atoms with Gasteiger partial charge in [0.15, 0.2) is 5.13 Å². The molecule has 0 unspecified atom stereocenters. The molecule has 1 heterocycles. The predicted octanol–water partition coefficient (Wildman–Crippen LogP) is 7.99. The van der Waals surface area contributed by atoms with E-state index in [9.17, 15) is 9.59 Å². The molecule has 7 nitrogen and oxygen atoms in total. The van der Waals surface area contributed by atoms with Crippen molar-refractivity contribution >= 4 is 57.6 Å². The number of hydrogen-bond donors (Lipinski definition) is 2. The van der Waals surface area contributed by atoms with Crippen LogP contribution in [0.1, 0.15) is 61.7 Å². The van der Waals surface area contributed by atoms with Crippen LogP contribution in [0.2, 0.25) is 10.0 Å². The van der Waals surface area contributed by atoms with Gasteiger partial charge in [0.2, 0.25) is 0 Å². The third kappa shape index (κ3) is 6.94. The number of carbonyl (C=O) groups excluding carboxylic acids is 1. The van der Waals surface area contributed by atoms with Crippen LogP contribution >= 0.6 is 34.5 Å². The summed E-state index contributed by atoms with van der Waals surface area (Å²) < 4.78 is 11.9. The molecule has 0 saturated heterocycles. The van der Waals surface area contributed by atoms with Gasteiger partial charge in [-0.3, -0.25) is 10.1 Å². The molecule has 3 aromatic rings. The number of carboxylic acid groups (broad SMARTS) is 1. The maximum Gasteiger partial charge on any atom is 0.331 e. The molecule has 38 heavy (non-hydrogen) atoms. The molecule has 2 N–H and O–H groups in total. The number of para-hydroxylation sites is 1. The van der Waals surface area contributed by atoms with Crippen LogP contribution in [0.3, 0.4) is 0 Å². The molecule has 1 amide bonds. The SMILES string of the molecule is CCCO[C@@H](c1cccc(-c2csc(NC(=O)c3cc(Cl)c(C=C(C)C(=O)O)c(Cl)c3)n2)c1OC)C(C)C. The summed E-state index contributed by atoms with van der Waals surface area (Å²) in [7, 11) is 1.62. The minimum atomic E-state index is -1.09. The number of ether oxygens (including phenoxy) is 2. The number of anilines is 1. The Hall–Kier alpha value is -2.91. The zero-order valence-corrected chi connectivity index (χ0v) is 24.1. The maximum absolute atomic E-state index is 12.9. The Balaban J connectivity index is 1.87. The molecular formula is C28H30Cl2N2O5S.